The summed E-state index contributed by atoms with van der Waals surface area (Å²) in [5, 5.41) is 6.70. The van der Waals surface area contributed by atoms with Crippen LogP contribution in [0.2, 0.25) is 0 Å². The smallest absolute Gasteiger partial charge is 0.191 e. The Balaban J connectivity index is 0.00000529. The van der Waals surface area contributed by atoms with E-state index in [1.807, 2.05) is 23.9 Å². The third kappa shape index (κ3) is 7.83. The van der Waals surface area contributed by atoms with Crippen molar-refractivity contribution >= 4 is 41.7 Å². The Kier molecular flexibility index (Phi) is 11.3. The van der Waals surface area contributed by atoms with E-state index < -0.39 is 0 Å². The lowest BCUT2D eigenvalue weighted by Gasteiger charge is -2.23. The Morgan fingerprint density at radius 1 is 1.17 bits per heavy atom. The van der Waals surface area contributed by atoms with Gasteiger partial charge in [0.05, 0.1) is 14.2 Å². The number of methoxy groups -OCH3 is 2. The summed E-state index contributed by atoms with van der Waals surface area (Å²) in [6.07, 6.45) is 3.00. The Morgan fingerprint density at radius 3 is 2.38 bits per heavy atom. The highest BCUT2D eigenvalue weighted by molar-refractivity contribution is 14.0. The van der Waals surface area contributed by atoms with Crippen LogP contribution in [0.25, 0.3) is 0 Å². The predicted molar refractivity (Wildman–Crippen MR) is 116 cm³/mol. The van der Waals surface area contributed by atoms with Crippen LogP contribution in [0.1, 0.15) is 19.4 Å². The fourth-order valence-electron chi connectivity index (χ4n) is 1.95. The van der Waals surface area contributed by atoms with Gasteiger partial charge in [-0.15, -0.1) is 24.0 Å². The van der Waals surface area contributed by atoms with Gasteiger partial charge in [0.15, 0.2) is 17.5 Å². The van der Waals surface area contributed by atoms with E-state index >= 15 is 0 Å². The van der Waals surface area contributed by atoms with Gasteiger partial charge in [-0.1, -0.05) is 6.07 Å². The zero-order chi connectivity index (χ0) is 17.3. The van der Waals surface area contributed by atoms with Crippen LogP contribution in [0.4, 0.5) is 0 Å². The maximum absolute atomic E-state index is 5.33. The molecule has 1 rings (SSSR count). The number of hydrogen-bond acceptors (Lipinski definition) is 4. The molecule has 0 atom stereocenters. The molecule has 0 amide bonds. The van der Waals surface area contributed by atoms with E-state index in [0.29, 0.717) is 0 Å². The van der Waals surface area contributed by atoms with Crippen molar-refractivity contribution in [3.05, 3.63) is 23.8 Å². The lowest BCUT2D eigenvalue weighted by atomic mass is 10.1. The van der Waals surface area contributed by atoms with Crippen molar-refractivity contribution < 1.29 is 9.47 Å². The molecule has 0 spiro atoms. The Hall–Kier alpha value is -0.830. The average Bonchev–Trinajstić information content (AvgIpc) is 2.57. The van der Waals surface area contributed by atoms with Crippen molar-refractivity contribution in [1.29, 1.82) is 0 Å². The van der Waals surface area contributed by atoms with E-state index in [0.717, 1.165) is 37.0 Å². The number of guanidine groups is 1. The first kappa shape index (κ1) is 23.2. The molecule has 0 saturated heterocycles. The molecule has 0 aliphatic carbocycles. The molecule has 0 saturated carbocycles. The normalized spacial score (nSPS) is 11.5. The molecule has 0 aliphatic rings. The third-order valence-electron chi connectivity index (χ3n) is 3.61. The van der Waals surface area contributed by atoms with Crippen molar-refractivity contribution in [2.45, 2.75) is 25.0 Å². The van der Waals surface area contributed by atoms with E-state index in [2.05, 4.69) is 41.8 Å². The van der Waals surface area contributed by atoms with Gasteiger partial charge in [-0.25, -0.2) is 0 Å². The first-order chi connectivity index (χ1) is 11.0. The van der Waals surface area contributed by atoms with Crippen LogP contribution in [0.15, 0.2) is 23.2 Å². The Bertz CT molecular complexity index is 525. The van der Waals surface area contributed by atoms with E-state index in [9.17, 15) is 0 Å². The fourth-order valence-corrected chi connectivity index (χ4v) is 2.17. The van der Waals surface area contributed by atoms with Crippen LogP contribution in [0, 0.1) is 0 Å². The second-order valence-corrected chi connectivity index (χ2v) is 7.27. The van der Waals surface area contributed by atoms with E-state index in [1.165, 1.54) is 5.56 Å². The molecule has 0 fully saturated rings. The number of aliphatic imine (C=N–C) groups is 1. The van der Waals surface area contributed by atoms with Crippen molar-refractivity contribution in [2.75, 3.05) is 40.6 Å². The maximum Gasteiger partial charge on any atom is 0.191 e. The largest absolute Gasteiger partial charge is 0.493 e. The second-order valence-electron chi connectivity index (χ2n) is 5.76. The number of nitrogens with zero attached hydrogens (tertiary/aromatic N) is 1. The lowest BCUT2D eigenvalue weighted by molar-refractivity contribution is 0.354. The molecular weight excluding hydrogens is 437 g/mol. The molecule has 24 heavy (non-hydrogen) atoms. The molecule has 5 nitrogen and oxygen atoms in total. The SMILES string of the molecule is CN=C(NCCc1ccc(OC)c(OC)c1)NCC(C)(C)SC.I. The Labute approximate surface area is 167 Å². The van der Waals surface area contributed by atoms with Gasteiger partial charge in [0, 0.05) is 24.9 Å². The molecule has 0 aromatic heterocycles. The van der Waals surface area contributed by atoms with Gasteiger partial charge in [-0.3, -0.25) is 4.99 Å². The highest BCUT2D eigenvalue weighted by Crippen LogP contribution is 2.27. The third-order valence-corrected chi connectivity index (χ3v) is 4.86. The standard InChI is InChI=1S/C17H29N3O2S.HI/c1-17(2,23-6)12-20-16(18-3)19-10-9-13-7-8-14(21-4)15(11-13)22-5;/h7-8,11H,9-10,12H2,1-6H3,(H2,18,19,20);1H. The topological polar surface area (TPSA) is 54.9 Å². The summed E-state index contributed by atoms with van der Waals surface area (Å²) in [5.74, 6) is 2.34. The molecule has 0 unspecified atom stereocenters. The number of rotatable bonds is 8. The van der Waals surface area contributed by atoms with Gasteiger partial charge in [-0.2, -0.15) is 11.8 Å². The summed E-state index contributed by atoms with van der Waals surface area (Å²) >= 11 is 1.84. The fraction of sp³-hybridized carbons (Fsp3) is 0.588. The van der Waals surface area contributed by atoms with E-state index in [1.54, 1.807) is 21.3 Å². The highest BCUT2D eigenvalue weighted by Gasteiger charge is 2.16. The number of halogens is 1. The summed E-state index contributed by atoms with van der Waals surface area (Å²) in [5.41, 5.74) is 1.19. The van der Waals surface area contributed by atoms with Gasteiger partial charge < -0.3 is 20.1 Å². The van der Waals surface area contributed by atoms with Gasteiger partial charge in [0.2, 0.25) is 0 Å². The molecule has 0 bridgehead atoms. The zero-order valence-corrected chi connectivity index (χ0v) is 18.6. The number of thioether (sulfide) groups is 1. The number of ether oxygens (including phenoxy) is 2. The molecular formula is C17H30IN3O2S. The number of benzene rings is 1. The summed E-state index contributed by atoms with van der Waals surface area (Å²) in [7, 11) is 5.09. The first-order valence-corrected chi connectivity index (χ1v) is 8.88. The molecule has 1 aromatic carbocycles. The molecule has 2 N–H and O–H groups in total. The summed E-state index contributed by atoms with van der Waals surface area (Å²) < 4.78 is 10.8. The minimum Gasteiger partial charge on any atom is -0.493 e. The molecule has 0 radical (unpaired) electrons. The van der Waals surface area contributed by atoms with E-state index in [4.69, 9.17) is 9.47 Å². The first-order valence-electron chi connectivity index (χ1n) is 7.66. The van der Waals surface area contributed by atoms with Crippen molar-refractivity contribution in [1.82, 2.24) is 10.6 Å². The minimum atomic E-state index is 0. The van der Waals surface area contributed by atoms with Gasteiger partial charge in [0.25, 0.3) is 0 Å². The van der Waals surface area contributed by atoms with Crippen LogP contribution in [0.3, 0.4) is 0 Å². The van der Waals surface area contributed by atoms with Crippen LogP contribution >= 0.6 is 35.7 Å². The summed E-state index contributed by atoms with van der Waals surface area (Å²) in [6, 6.07) is 5.99. The van der Waals surface area contributed by atoms with Crippen molar-refractivity contribution in [3.63, 3.8) is 0 Å². The maximum atomic E-state index is 5.33. The predicted octanol–water partition coefficient (Wildman–Crippen LogP) is 3.17. The average molecular weight is 467 g/mol. The highest BCUT2D eigenvalue weighted by atomic mass is 127. The monoisotopic (exact) mass is 467 g/mol. The number of nitrogens with one attached hydrogen (secondary N) is 2. The van der Waals surface area contributed by atoms with Crippen LogP contribution in [-0.4, -0.2) is 51.3 Å². The van der Waals surface area contributed by atoms with Crippen LogP contribution in [-0.2, 0) is 6.42 Å². The van der Waals surface area contributed by atoms with Crippen molar-refractivity contribution in [2.24, 2.45) is 4.99 Å². The zero-order valence-electron chi connectivity index (χ0n) is 15.4. The van der Waals surface area contributed by atoms with Crippen LogP contribution in [0.5, 0.6) is 11.5 Å². The summed E-state index contributed by atoms with van der Waals surface area (Å²) in [6.45, 7) is 6.09. The van der Waals surface area contributed by atoms with Gasteiger partial charge in [-0.05, 0) is 44.2 Å². The summed E-state index contributed by atoms with van der Waals surface area (Å²) in [4.78, 5) is 4.26. The quantitative estimate of drug-likeness (QED) is 0.350. The van der Waals surface area contributed by atoms with Crippen LogP contribution < -0.4 is 20.1 Å². The van der Waals surface area contributed by atoms with E-state index in [-0.39, 0.29) is 28.7 Å². The number of hydrogen-bond donors (Lipinski definition) is 2. The molecule has 0 aliphatic heterocycles. The Morgan fingerprint density at radius 2 is 1.83 bits per heavy atom. The van der Waals surface area contributed by atoms with Gasteiger partial charge in [0.1, 0.15) is 0 Å². The molecule has 138 valence electrons. The molecule has 0 heterocycles. The lowest BCUT2D eigenvalue weighted by Crippen LogP contribution is -2.43. The molecule has 7 heteroatoms. The second kappa shape index (κ2) is 11.7. The molecule has 1 aromatic rings. The van der Waals surface area contributed by atoms with Crippen molar-refractivity contribution in [3.8, 4) is 11.5 Å². The van der Waals surface area contributed by atoms with Gasteiger partial charge >= 0.3 is 0 Å². The minimum absolute atomic E-state index is 0.